The molecule has 1 aliphatic carbocycles. The van der Waals surface area contributed by atoms with Crippen LogP contribution < -0.4 is 5.56 Å². The number of fused-ring (bicyclic) bond motifs is 3. The summed E-state index contributed by atoms with van der Waals surface area (Å²) in [5.41, 5.74) is 2.43. The van der Waals surface area contributed by atoms with Gasteiger partial charge in [0, 0.05) is 22.6 Å². The Bertz CT molecular complexity index is 1090. The van der Waals surface area contributed by atoms with Crippen molar-refractivity contribution >= 4 is 44.7 Å². The average Bonchev–Trinajstić information content (AvgIpc) is 3.42. The second-order valence-electron chi connectivity index (χ2n) is 8.12. The molecule has 2 unspecified atom stereocenters. The molecule has 3 aromatic heterocycles. The van der Waals surface area contributed by atoms with Crippen molar-refractivity contribution in [2.75, 3.05) is 6.61 Å². The van der Waals surface area contributed by atoms with E-state index in [0.717, 1.165) is 70.5 Å². The van der Waals surface area contributed by atoms with Crippen LogP contribution in [-0.2, 0) is 29.9 Å². The van der Waals surface area contributed by atoms with Crippen LogP contribution in [0.15, 0.2) is 15.3 Å². The van der Waals surface area contributed by atoms with E-state index in [9.17, 15) is 4.79 Å². The van der Waals surface area contributed by atoms with E-state index in [1.807, 2.05) is 11.5 Å². The van der Waals surface area contributed by atoms with Crippen LogP contribution >= 0.6 is 34.4 Å². The number of thiophene rings is 1. The van der Waals surface area contributed by atoms with Crippen molar-refractivity contribution in [1.29, 1.82) is 0 Å². The summed E-state index contributed by atoms with van der Waals surface area (Å²) in [5, 5.41) is 4.83. The topological polar surface area (TPSA) is 57.0 Å². The molecule has 5 rings (SSSR count). The normalized spacial score (nSPS) is 21.7. The molecule has 5 nitrogen and oxygen atoms in total. The molecule has 154 valence electrons. The Kier molecular flexibility index (Phi) is 5.53. The molecule has 29 heavy (non-hydrogen) atoms. The van der Waals surface area contributed by atoms with Crippen LogP contribution in [0.1, 0.15) is 47.3 Å². The SMILES string of the molecule is Cc1nc(CSc2nc3sc4c(c3c(=O)n2CC2CCCO2)CCC(C)C4)cs1. The van der Waals surface area contributed by atoms with Crippen molar-refractivity contribution in [3.05, 3.63) is 36.9 Å². The van der Waals surface area contributed by atoms with Gasteiger partial charge in [-0.15, -0.1) is 22.7 Å². The number of thioether (sulfide) groups is 1. The van der Waals surface area contributed by atoms with Crippen molar-refractivity contribution in [3.8, 4) is 0 Å². The number of aromatic nitrogens is 3. The molecule has 1 fully saturated rings. The Morgan fingerprint density at radius 3 is 3.00 bits per heavy atom. The third kappa shape index (κ3) is 3.92. The summed E-state index contributed by atoms with van der Waals surface area (Å²) in [4.78, 5) is 25.5. The predicted octanol–water partition coefficient (Wildman–Crippen LogP) is 4.82. The van der Waals surface area contributed by atoms with E-state index in [0.29, 0.717) is 12.5 Å². The van der Waals surface area contributed by atoms with Gasteiger partial charge in [0.2, 0.25) is 0 Å². The van der Waals surface area contributed by atoms with E-state index in [1.54, 1.807) is 34.4 Å². The smallest absolute Gasteiger partial charge is 0.263 e. The van der Waals surface area contributed by atoms with Crippen LogP contribution in [0, 0.1) is 12.8 Å². The molecule has 0 amide bonds. The van der Waals surface area contributed by atoms with E-state index >= 15 is 0 Å². The highest BCUT2D eigenvalue weighted by Crippen LogP contribution is 2.37. The minimum absolute atomic E-state index is 0.113. The molecular weight excluding hydrogens is 422 g/mol. The highest BCUT2D eigenvalue weighted by Gasteiger charge is 2.26. The fourth-order valence-corrected chi connectivity index (χ4v) is 7.32. The monoisotopic (exact) mass is 447 g/mol. The molecule has 1 aliphatic heterocycles. The Morgan fingerprint density at radius 2 is 2.24 bits per heavy atom. The maximum atomic E-state index is 13.6. The highest BCUT2D eigenvalue weighted by molar-refractivity contribution is 7.98. The molecule has 0 spiro atoms. The molecule has 0 saturated carbocycles. The van der Waals surface area contributed by atoms with Gasteiger partial charge in [0.1, 0.15) is 4.83 Å². The zero-order chi connectivity index (χ0) is 20.0. The van der Waals surface area contributed by atoms with Crippen LogP contribution in [0.5, 0.6) is 0 Å². The first-order valence-corrected chi connectivity index (χ1v) is 13.0. The van der Waals surface area contributed by atoms with E-state index in [-0.39, 0.29) is 11.7 Å². The number of rotatable bonds is 5. The fraction of sp³-hybridized carbons (Fsp3) is 0.571. The third-order valence-corrected chi connectivity index (χ3v) is 8.79. The summed E-state index contributed by atoms with van der Waals surface area (Å²) >= 11 is 5.01. The van der Waals surface area contributed by atoms with Crippen molar-refractivity contribution < 1.29 is 4.74 Å². The van der Waals surface area contributed by atoms with Gasteiger partial charge in [0.25, 0.3) is 5.56 Å². The average molecular weight is 448 g/mol. The van der Waals surface area contributed by atoms with Crippen LogP contribution in [-0.4, -0.2) is 27.2 Å². The lowest BCUT2D eigenvalue weighted by Crippen LogP contribution is -2.29. The molecule has 0 bridgehead atoms. The van der Waals surface area contributed by atoms with Gasteiger partial charge >= 0.3 is 0 Å². The maximum absolute atomic E-state index is 13.6. The molecule has 0 aromatic carbocycles. The Hall–Kier alpha value is -1.22. The molecule has 8 heteroatoms. The van der Waals surface area contributed by atoms with E-state index < -0.39 is 0 Å². The minimum atomic E-state index is 0.113. The van der Waals surface area contributed by atoms with Crippen LogP contribution in [0.2, 0.25) is 0 Å². The minimum Gasteiger partial charge on any atom is -0.376 e. The van der Waals surface area contributed by atoms with Crippen molar-refractivity contribution in [2.45, 2.75) is 69.5 Å². The number of hydrogen-bond donors (Lipinski definition) is 0. The number of ether oxygens (including phenoxy) is 1. The summed E-state index contributed by atoms with van der Waals surface area (Å²) in [6.45, 7) is 5.71. The van der Waals surface area contributed by atoms with Gasteiger partial charge in [-0.05, 0) is 50.5 Å². The molecule has 0 radical (unpaired) electrons. The largest absolute Gasteiger partial charge is 0.376 e. The zero-order valence-electron chi connectivity index (χ0n) is 16.8. The lowest BCUT2D eigenvalue weighted by Gasteiger charge is -2.18. The quantitative estimate of drug-likeness (QED) is 0.415. The molecule has 0 N–H and O–H groups in total. The van der Waals surface area contributed by atoms with Crippen LogP contribution in [0.3, 0.4) is 0 Å². The van der Waals surface area contributed by atoms with Crippen molar-refractivity contribution in [3.63, 3.8) is 0 Å². The summed E-state index contributed by atoms with van der Waals surface area (Å²) in [7, 11) is 0. The zero-order valence-corrected chi connectivity index (χ0v) is 19.2. The second-order valence-corrected chi connectivity index (χ2v) is 11.2. The molecule has 4 heterocycles. The second kappa shape index (κ2) is 8.13. The van der Waals surface area contributed by atoms with Gasteiger partial charge in [-0.3, -0.25) is 9.36 Å². The van der Waals surface area contributed by atoms with Gasteiger partial charge in [-0.1, -0.05) is 18.7 Å². The number of nitrogens with zero attached hydrogens (tertiary/aromatic N) is 3. The first-order chi connectivity index (χ1) is 14.1. The summed E-state index contributed by atoms with van der Waals surface area (Å²) in [6.07, 6.45) is 5.42. The lowest BCUT2D eigenvalue weighted by atomic mass is 9.89. The maximum Gasteiger partial charge on any atom is 0.263 e. The van der Waals surface area contributed by atoms with E-state index in [1.165, 1.54) is 10.4 Å². The highest BCUT2D eigenvalue weighted by atomic mass is 32.2. The van der Waals surface area contributed by atoms with Gasteiger partial charge in [0.05, 0.1) is 28.7 Å². The molecular formula is C21H25N3O2S3. The standard InChI is InChI=1S/C21H25N3O2S3/c1-12-5-6-16-17(8-12)29-19-18(16)20(25)24(9-15-4-3-7-26-15)21(23-19)28-11-14-10-27-13(2)22-14/h10,12,15H,3-9,11H2,1-2H3. The van der Waals surface area contributed by atoms with E-state index in [4.69, 9.17) is 9.72 Å². The number of hydrogen-bond acceptors (Lipinski definition) is 7. The summed E-state index contributed by atoms with van der Waals surface area (Å²) < 4.78 is 7.73. The Morgan fingerprint density at radius 1 is 1.34 bits per heavy atom. The Balaban J connectivity index is 1.56. The fourth-order valence-electron chi connectivity index (χ4n) is 4.28. The first kappa shape index (κ1) is 19.7. The Labute approximate surface area is 182 Å². The summed E-state index contributed by atoms with van der Waals surface area (Å²) in [5.74, 6) is 1.42. The third-order valence-electron chi connectivity index (χ3n) is 5.81. The molecule has 2 atom stereocenters. The van der Waals surface area contributed by atoms with Gasteiger partial charge in [-0.2, -0.15) is 0 Å². The van der Waals surface area contributed by atoms with Gasteiger partial charge in [-0.25, -0.2) is 9.97 Å². The molecule has 1 saturated heterocycles. The van der Waals surface area contributed by atoms with Gasteiger partial charge in [0.15, 0.2) is 5.16 Å². The lowest BCUT2D eigenvalue weighted by molar-refractivity contribution is 0.0937. The van der Waals surface area contributed by atoms with Crippen LogP contribution in [0.25, 0.3) is 10.2 Å². The van der Waals surface area contributed by atoms with Crippen molar-refractivity contribution in [2.24, 2.45) is 5.92 Å². The summed E-state index contributed by atoms with van der Waals surface area (Å²) in [6, 6.07) is 0. The number of aryl methyl sites for hydroxylation is 2. The van der Waals surface area contributed by atoms with E-state index in [2.05, 4.69) is 17.3 Å². The first-order valence-electron chi connectivity index (χ1n) is 10.3. The van der Waals surface area contributed by atoms with Gasteiger partial charge < -0.3 is 4.74 Å². The molecule has 3 aromatic rings. The predicted molar refractivity (Wildman–Crippen MR) is 120 cm³/mol. The molecule has 2 aliphatic rings. The van der Waals surface area contributed by atoms with Crippen molar-refractivity contribution in [1.82, 2.24) is 14.5 Å². The number of thiazole rings is 1. The van der Waals surface area contributed by atoms with Crippen LogP contribution in [0.4, 0.5) is 0 Å².